The summed E-state index contributed by atoms with van der Waals surface area (Å²) in [6, 6.07) is 17.3. The van der Waals surface area contributed by atoms with Gasteiger partial charge in [-0.3, -0.25) is 9.59 Å². The molecule has 0 bridgehead atoms. The van der Waals surface area contributed by atoms with Crippen LogP contribution < -0.4 is 9.47 Å². The highest BCUT2D eigenvalue weighted by Gasteiger charge is 2.26. The Morgan fingerprint density at radius 2 is 1.58 bits per heavy atom. The lowest BCUT2D eigenvalue weighted by Gasteiger charge is -2.34. The third kappa shape index (κ3) is 4.79. The van der Waals surface area contributed by atoms with Crippen LogP contribution in [0.1, 0.15) is 21.7 Å². The quantitative estimate of drug-likeness (QED) is 0.396. The molecule has 8 heteroatoms. The van der Waals surface area contributed by atoms with Gasteiger partial charge in [-0.05, 0) is 41.5 Å². The van der Waals surface area contributed by atoms with E-state index in [-0.39, 0.29) is 11.8 Å². The van der Waals surface area contributed by atoms with Crippen molar-refractivity contribution in [1.82, 2.24) is 14.4 Å². The predicted octanol–water partition coefficient (Wildman–Crippen LogP) is 3.83. The van der Waals surface area contributed by atoms with Crippen LogP contribution in [0, 0.1) is 0 Å². The van der Waals surface area contributed by atoms with Crippen LogP contribution in [0.5, 0.6) is 11.5 Å². The first kappa shape index (κ1) is 23.5. The molecule has 2 aromatic heterocycles. The van der Waals surface area contributed by atoms with Gasteiger partial charge in [0.25, 0.3) is 5.91 Å². The van der Waals surface area contributed by atoms with Crippen molar-refractivity contribution in [2.75, 3.05) is 40.4 Å². The number of ether oxygens (including phenoxy) is 2. The Morgan fingerprint density at radius 3 is 2.25 bits per heavy atom. The molecule has 1 aliphatic rings. The van der Waals surface area contributed by atoms with E-state index in [2.05, 4.69) is 22.9 Å². The first-order valence-electron chi connectivity index (χ1n) is 11.9. The molecule has 1 fully saturated rings. The van der Waals surface area contributed by atoms with Gasteiger partial charge in [0, 0.05) is 55.9 Å². The number of para-hydroxylation sites is 1. The third-order valence-corrected chi connectivity index (χ3v) is 6.63. The SMILES string of the molecule is COc1cc(Cn2cc(CC(=O)N3CCN(C(=O)c4ccco4)CC3)c3ccccc32)cc(OC)c1. The molecule has 5 rings (SSSR count). The number of hydrogen-bond acceptors (Lipinski definition) is 5. The summed E-state index contributed by atoms with van der Waals surface area (Å²) in [5.41, 5.74) is 3.10. The fraction of sp³-hybridized carbons (Fsp3) is 0.286. The van der Waals surface area contributed by atoms with E-state index in [4.69, 9.17) is 13.9 Å². The van der Waals surface area contributed by atoms with Crippen molar-refractivity contribution in [3.63, 3.8) is 0 Å². The highest BCUT2D eigenvalue weighted by Crippen LogP contribution is 2.27. The van der Waals surface area contributed by atoms with Crippen LogP contribution in [0.15, 0.2) is 71.5 Å². The molecule has 2 amide bonds. The minimum absolute atomic E-state index is 0.0612. The zero-order valence-electron chi connectivity index (χ0n) is 20.5. The summed E-state index contributed by atoms with van der Waals surface area (Å²) in [4.78, 5) is 29.3. The van der Waals surface area contributed by atoms with E-state index in [0.717, 1.165) is 33.5 Å². The van der Waals surface area contributed by atoms with Gasteiger partial charge in [-0.15, -0.1) is 0 Å². The first-order valence-corrected chi connectivity index (χ1v) is 11.9. The molecular formula is C28H29N3O5. The number of carbonyl (C=O) groups is 2. The number of carbonyl (C=O) groups excluding carboxylic acids is 2. The third-order valence-electron chi connectivity index (χ3n) is 6.63. The second-order valence-electron chi connectivity index (χ2n) is 8.85. The number of rotatable bonds is 7. The Bertz CT molecular complexity index is 1350. The van der Waals surface area contributed by atoms with Gasteiger partial charge in [-0.2, -0.15) is 0 Å². The number of hydrogen-bond donors (Lipinski definition) is 0. The smallest absolute Gasteiger partial charge is 0.289 e. The summed E-state index contributed by atoms with van der Waals surface area (Å²) in [5.74, 6) is 1.73. The lowest BCUT2D eigenvalue weighted by atomic mass is 10.1. The number of furan rings is 1. The number of fused-ring (bicyclic) bond motifs is 1. The Kier molecular flexibility index (Phi) is 6.66. The summed E-state index contributed by atoms with van der Waals surface area (Å²) in [7, 11) is 3.28. The van der Waals surface area contributed by atoms with Crippen LogP contribution in [-0.4, -0.2) is 66.6 Å². The number of aromatic nitrogens is 1. The van der Waals surface area contributed by atoms with E-state index in [0.29, 0.717) is 44.9 Å². The second-order valence-corrected chi connectivity index (χ2v) is 8.85. The predicted molar refractivity (Wildman–Crippen MR) is 135 cm³/mol. The van der Waals surface area contributed by atoms with E-state index in [1.807, 2.05) is 35.2 Å². The molecule has 4 aromatic rings. The number of benzene rings is 2. The fourth-order valence-corrected chi connectivity index (χ4v) is 4.74. The van der Waals surface area contributed by atoms with Crippen molar-refractivity contribution in [2.45, 2.75) is 13.0 Å². The molecule has 0 unspecified atom stereocenters. The van der Waals surface area contributed by atoms with Crippen molar-refractivity contribution in [2.24, 2.45) is 0 Å². The lowest BCUT2D eigenvalue weighted by molar-refractivity contribution is -0.131. The largest absolute Gasteiger partial charge is 0.497 e. The van der Waals surface area contributed by atoms with Crippen LogP contribution in [0.25, 0.3) is 10.9 Å². The zero-order chi connectivity index (χ0) is 25.1. The highest BCUT2D eigenvalue weighted by atomic mass is 16.5. The molecule has 0 N–H and O–H groups in total. The number of methoxy groups -OCH3 is 2. The second kappa shape index (κ2) is 10.2. The fourth-order valence-electron chi connectivity index (χ4n) is 4.74. The molecular weight excluding hydrogens is 458 g/mol. The van der Waals surface area contributed by atoms with E-state index in [1.54, 1.807) is 31.3 Å². The Balaban J connectivity index is 1.30. The van der Waals surface area contributed by atoms with E-state index in [1.165, 1.54) is 6.26 Å². The van der Waals surface area contributed by atoms with Crippen molar-refractivity contribution in [1.29, 1.82) is 0 Å². The minimum atomic E-state index is -0.135. The molecule has 0 saturated carbocycles. The van der Waals surface area contributed by atoms with Crippen LogP contribution >= 0.6 is 0 Å². The molecule has 1 saturated heterocycles. The normalized spacial score (nSPS) is 13.7. The van der Waals surface area contributed by atoms with Gasteiger partial charge in [0.15, 0.2) is 5.76 Å². The summed E-state index contributed by atoms with van der Waals surface area (Å²) in [5, 5.41) is 1.06. The Hall–Kier alpha value is -4.20. The Labute approximate surface area is 209 Å². The molecule has 2 aromatic carbocycles. The van der Waals surface area contributed by atoms with Crippen LogP contribution in [-0.2, 0) is 17.8 Å². The van der Waals surface area contributed by atoms with Gasteiger partial charge >= 0.3 is 0 Å². The minimum Gasteiger partial charge on any atom is -0.497 e. The molecule has 0 aliphatic carbocycles. The molecule has 0 spiro atoms. The molecule has 36 heavy (non-hydrogen) atoms. The molecule has 3 heterocycles. The monoisotopic (exact) mass is 487 g/mol. The van der Waals surface area contributed by atoms with Crippen molar-refractivity contribution in [3.8, 4) is 11.5 Å². The molecule has 0 radical (unpaired) electrons. The first-order chi connectivity index (χ1) is 17.6. The van der Waals surface area contributed by atoms with Crippen LogP contribution in [0.2, 0.25) is 0 Å². The standard InChI is InChI=1S/C28H29N3O5/c1-34-22-14-20(15-23(17-22)35-2)18-31-19-21(24-6-3-4-7-25(24)31)16-27(32)29-9-11-30(12-10-29)28(33)26-8-5-13-36-26/h3-8,13-15,17,19H,9-12,16,18H2,1-2H3. The molecule has 186 valence electrons. The Morgan fingerprint density at radius 1 is 0.889 bits per heavy atom. The van der Waals surface area contributed by atoms with Crippen molar-refractivity contribution >= 4 is 22.7 Å². The lowest BCUT2D eigenvalue weighted by Crippen LogP contribution is -2.50. The average Bonchev–Trinajstić information content (AvgIpc) is 3.57. The average molecular weight is 488 g/mol. The number of nitrogens with zero attached hydrogens (tertiary/aromatic N) is 3. The number of amides is 2. The van der Waals surface area contributed by atoms with Crippen LogP contribution in [0.3, 0.4) is 0 Å². The van der Waals surface area contributed by atoms with Crippen molar-refractivity contribution in [3.05, 3.63) is 83.9 Å². The van der Waals surface area contributed by atoms with Crippen LogP contribution in [0.4, 0.5) is 0 Å². The van der Waals surface area contributed by atoms with E-state index < -0.39 is 0 Å². The van der Waals surface area contributed by atoms with Gasteiger partial charge in [0.1, 0.15) is 11.5 Å². The topological polar surface area (TPSA) is 77.2 Å². The van der Waals surface area contributed by atoms with Gasteiger partial charge < -0.3 is 28.3 Å². The summed E-state index contributed by atoms with van der Waals surface area (Å²) in [6.07, 6.45) is 3.86. The van der Waals surface area contributed by atoms with Gasteiger partial charge in [0.05, 0.1) is 26.9 Å². The van der Waals surface area contributed by atoms with E-state index in [9.17, 15) is 9.59 Å². The number of piperazine rings is 1. The maximum Gasteiger partial charge on any atom is 0.289 e. The zero-order valence-corrected chi connectivity index (χ0v) is 20.5. The summed E-state index contributed by atoms with van der Waals surface area (Å²) < 4.78 is 18.2. The van der Waals surface area contributed by atoms with Gasteiger partial charge in [0.2, 0.25) is 5.91 Å². The van der Waals surface area contributed by atoms with Crippen molar-refractivity contribution < 1.29 is 23.5 Å². The maximum absolute atomic E-state index is 13.2. The molecule has 1 aliphatic heterocycles. The highest BCUT2D eigenvalue weighted by molar-refractivity contribution is 5.92. The molecule has 0 atom stereocenters. The summed E-state index contributed by atoms with van der Waals surface area (Å²) >= 11 is 0. The van der Waals surface area contributed by atoms with E-state index >= 15 is 0 Å². The van der Waals surface area contributed by atoms with Gasteiger partial charge in [-0.25, -0.2) is 0 Å². The maximum atomic E-state index is 13.2. The molecule has 8 nitrogen and oxygen atoms in total. The summed E-state index contributed by atoms with van der Waals surface area (Å²) in [6.45, 7) is 2.62. The van der Waals surface area contributed by atoms with Gasteiger partial charge in [-0.1, -0.05) is 18.2 Å².